The van der Waals surface area contributed by atoms with E-state index in [2.05, 4.69) is 26.5 Å². The smallest absolute Gasteiger partial charge is 0.151 e. The van der Waals surface area contributed by atoms with Crippen molar-refractivity contribution in [2.24, 2.45) is 0 Å². The molecule has 0 saturated carbocycles. The summed E-state index contributed by atoms with van der Waals surface area (Å²) in [7, 11) is 1.68. The minimum atomic E-state index is 0.496. The van der Waals surface area contributed by atoms with Gasteiger partial charge in [0.05, 0.1) is 13.7 Å². The second-order valence-corrected chi connectivity index (χ2v) is 6.34. The zero-order valence-corrected chi connectivity index (χ0v) is 14.3. The Kier molecular flexibility index (Phi) is 4.52. The molecular formula is C19H22N4O2. The average Bonchev–Trinajstić information content (AvgIpc) is 3.09. The van der Waals surface area contributed by atoms with Crippen LogP contribution < -0.4 is 15.0 Å². The fraction of sp³-hybridized carbons (Fsp3) is 0.368. The van der Waals surface area contributed by atoms with Crippen LogP contribution >= 0.6 is 0 Å². The molecule has 1 N–H and O–H groups in total. The third-order valence-corrected chi connectivity index (χ3v) is 4.72. The van der Waals surface area contributed by atoms with Crippen molar-refractivity contribution >= 4 is 16.8 Å². The maximum atomic E-state index is 5.90. The third kappa shape index (κ3) is 3.58. The average molecular weight is 338 g/mol. The lowest BCUT2D eigenvalue weighted by molar-refractivity contribution is 0.392. The number of furan rings is 1. The molecule has 1 aliphatic rings. The summed E-state index contributed by atoms with van der Waals surface area (Å²) in [6, 6.07) is 12.4. The van der Waals surface area contributed by atoms with E-state index in [9.17, 15) is 0 Å². The summed E-state index contributed by atoms with van der Waals surface area (Å²) in [4.78, 5) is 2.29. The Bertz CT molecular complexity index is 826. The Balaban J connectivity index is 1.32. The van der Waals surface area contributed by atoms with Gasteiger partial charge in [0.25, 0.3) is 0 Å². The van der Waals surface area contributed by atoms with Crippen LogP contribution in [0, 0.1) is 0 Å². The van der Waals surface area contributed by atoms with Gasteiger partial charge in [-0.3, -0.25) is 0 Å². The molecule has 4 rings (SSSR count). The zero-order chi connectivity index (χ0) is 17.1. The van der Waals surface area contributed by atoms with Crippen LogP contribution in [-0.2, 0) is 6.54 Å². The maximum Gasteiger partial charge on any atom is 0.151 e. The summed E-state index contributed by atoms with van der Waals surface area (Å²) >= 11 is 0. The maximum absolute atomic E-state index is 5.90. The highest BCUT2D eigenvalue weighted by atomic mass is 16.5. The first-order valence-corrected chi connectivity index (χ1v) is 8.64. The molecule has 0 aliphatic carbocycles. The standard InChI is InChI=1S/C19H22N4O2/c1-24-16-4-5-18-14(11-16)12-17(25-18)13-20-15-6-9-23(10-7-15)19-3-2-8-21-22-19/h2-5,8,11-12,15,20H,6-7,9-10,13H2,1H3. The number of hydrogen-bond acceptors (Lipinski definition) is 6. The number of aromatic nitrogens is 2. The second-order valence-electron chi connectivity index (χ2n) is 6.34. The molecule has 1 aromatic carbocycles. The molecule has 1 aliphatic heterocycles. The molecule has 3 aromatic rings. The molecule has 0 atom stereocenters. The highest BCUT2D eigenvalue weighted by Gasteiger charge is 2.20. The predicted molar refractivity (Wildman–Crippen MR) is 96.9 cm³/mol. The third-order valence-electron chi connectivity index (χ3n) is 4.72. The minimum absolute atomic E-state index is 0.496. The highest BCUT2D eigenvalue weighted by Crippen LogP contribution is 2.24. The van der Waals surface area contributed by atoms with Crippen molar-refractivity contribution in [2.45, 2.75) is 25.4 Å². The van der Waals surface area contributed by atoms with Gasteiger partial charge in [0.1, 0.15) is 17.1 Å². The molecule has 2 aromatic heterocycles. The number of hydrogen-bond donors (Lipinski definition) is 1. The van der Waals surface area contributed by atoms with Gasteiger partial charge in [0, 0.05) is 30.7 Å². The first kappa shape index (κ1) is 15.9. The van der Waals surface area contributed by atoms with Gasteiger partial charge in [-0.1, -0.05) is 0 Å². The van der Waals surface area contributed by atoms with Crippen molar-refractivity contribution in [3.05, 3.63) is 48.4 Å². The Morgan fingerprint density at radius 3 is 2.88 bits per heavy atom. The van der Waals surface area contributed by atoms with Gasteiger partial charge in [-0.05, 0) is 49.2 Å². The summed E-state index contributed by atoms with van der Waals surface area (Å²) in [5, 5.41) is 12.8. The predicted octanol–water partition coefficient (Wildman–Crippen LogP) is 2.99. The molecule has 6 heteroatoms. The van der Waals surface area contributed by atoms with Crippen LogP contribution in [0.15, 0.2) is 47.0 Å². The first-order valence-electron chi connectivity index (χ1n) is 8.64. The number of fused-ring (bicyclic) bond motifs is 1. The van der Waals surface area contributed by atoms with Crippen molar-refractivity contribution in [1.82, 2.24) is 15.5 Å². The monoisotopic (exact) mass is 338 g/mol. The topological polar surface area (TPSA) is 63.4 Å². The lowest BCUT2D eigenvalue weighted by Crippen LogP contribution is -2.42. The molecule has 0 radical (unpaired) electrons. The van der Waals surface area contributed by atoms with Gasteiger partial charge in [0.15, 0.2) is 5.82 Å². The SMILES string of the molecule is COc1ccc2oc(CNC3CCN(c4cccnn4)CC3)cc2c1. The highest BCUT2D eigenvalue weighted by molar-refractivity contribution is 5.79. The first-order chi connectivity index (χ1) is 12.3. The van der Waals surface area contributed by atoms with E-state index in [0.29, 0.717) is 6.04 Å². The van der Waals surface area contributed by atoms with Crippen molar-refractivity contribution < 1.29 is 9.15 Å². The molecule has 1 fully saturated rings. The summed E-state index contributed by atoms with van der Waals surface area (Å²) in [6.07, 6.45) is 3.88. The van der Waals surface area contributed by atoms with Crippen molar-refractivity contribution in [1.29, 1.82) is 0 Å². The van der Waals surface area contributed by atoms with Crippen LogP contribution in [0.2, 0.25) is 0 Å². The molecule has 6 nitrogen and oxygen atoms in total. The number of ether oxygens (including phenoxy) is 1. The van der Waals surface area contributed by atoms with Crippen molar-refractivity contribution in [2.75, 3.05) is 25.1 Å². The largest absolute Gasteiger partial charge is 0.497 e. The number of methoxy groups -OCH3 is 1. The summed E-state index contributed by atoms with van der Waals surface area (Å²) in [5.74, 6) is 2.77. The van der Waals surface area contributed by atoms with Crippen molar-refractivity contribution in [3.8, 4) is 5.75 Å². The van der Waals surface area contributed by atoms with Gasteiger partial charge in [-0.25, -0.2) is 0 Å². The molecule has 0 amide bonds. The Morgan fingerprint density at radius 2 is 2.12 bits per heavy atom. The van der Waals surface area contributed by atoms with E-state index in [1.807, 2.05) is 30.3 Å². The van der Waals surface area contributed by atoms with Crippen LogP contribution in [-0.4, -0.2) is 36.4 Å². The van der Waals surface area contributed by atoms with Gasteiger partial charge < -0.3 is 19.4 Å². The number of nitrogens with one attached hydrogen (secondary N) is 1. The molecule has 1 saturated heterocycles. The van der Waals surface area contributed by atoms with E-state index >= 15 is 0 Å². The molecule has 130 valence electrons. The number of anilines is 1. The number of piperidine rings is 1. The Morgan fingerprint density at radius 1 is 1.24 bits per heavy atom. The number of nitrogens with zero attached hydrogens (tertiary/aromatic N) is 3. The summed E-state index contributed by atoms with van der Waals surface area (Å²) in [5.41, 5.74) is 0.898. The lowest BCUT2D eigenvalue weighted by atomic mass is 10.0. The van der Waals surface area contributed by atoms with Gasteiger partial charge in [-0.15, -0.1) is 5.10 Å². The van der Waals surface area contributed by atoms with Gasteiger partial charge in [0.2, 0.25) is 0 Å². The van der Waals surface area contributed by atoms with Crippen LogP contribution in [0.4, 0.5) is 5.82 Å². The van der Waals surface area contributed by atoms with E-state index in [1.165, 1.54) is 0 Å². The fourth-order valence-corrected chi connectivity index (χ4v) is 3.31. The summed E-state index contributed by atoms with van der Waals surface area (Å²) in [6.45, 7) is 2.73. The normalized spacial score (nSPS) is 15.6. The molecule has 3 heterocycles. The van der Waals surface area contributed by atoms with Crippen molar-refractivity contribution in [3.63, 3.8) is 0 Å². The van der Waals surface area contributed by atoms with Gasteiger partial charge >= 0.3 is 0 Å². The minimum Gasteiger partial charge on any atom is -0.497 e. The second kappa shape index (κ2) is 7.11. The van der Waals surface area contributed by atoms with Crippen LogP contribution in [0.25, 0.3) is 11.0 Å². The molecule has 0 bridgehead atoms. The van der Waals surface area contributed by atoms with E-state index < -0.39 is 0 Å². The van der Waals surface area contributed by atoms with E-state index in [4.69, 9.17) is 9.15 Å². The zero-order valence-electron chi connectivity index (χ0n) is 14.3. The molecule has 0 unspecified atom stereocenters. The summed E-state index contributed by atoms with van der Waals surface area (Å²) < 4.78 is 11.2. The van der Waals surface area contributed by atoms with Gasteiger partial charge in [-0.2, -0.15) is 5.10 Å². The number of rotatable bonds is 5. The van der Waals surface area contributed by atoms with Crippen LogP contribution in [0.3, 0.4) is 0 Å². The van der Waals surface area contributed by atoms with E-state index in [1.54, 1.807) is 13.3 Å². The van der Waals surface area contributed by atoms with E-state index in [0.717, 1.165) is 60.8 Å². The quantitative estimate of drug-likeness (QED) is 0.772. The molecule has 25 heavy (non-hydrogen) atoms. The fourth-order valence-electron chi connectivity index (χ4n) is 3.31. The lowest BCUT2D eigenvalue weighted by Gasteiger charge is -2.32. The van der Waals surface area contributed by atoms with E-state index in [-0.39, 0.29) is 0 Å². The molecule has 0 spiro atoms. The Labute approximate surface area is 146 Å². The van der Waals surface area contributed by atoms with Crippen LogP contribution in [0.5, 0.6) is 5.75 Å². The van der Waals surface area contributed by atoms with Crippen LogP contribution in [0.1, 0.15) is 18.6 Å². The molecular weight excluding hydrogens is 316 g/mol. The Hall–Kier alpha value is -2.60. The number of benzene rings is 1.